The Morgan fingerprint density at radius 2 is 2.20 bits per heavy atom. The Kier molecular flexibility index (Phi) is 3.66. The van der Waals surface area contributed by atoms with Gasteiger partial charge in [-0.1, -0.05) is 0 Å². The van der Waals surface area contributed by atoms with Crippen LogP contribution in [-0.4, -0.2) is 40.2 Å². The lowest BCUT2D eigenvalue weighted by Crippen LogP contribution is -2.27. The average Bonchev–Trinajstić information content (AvgIpc) is 2.79. The summed E-state index contributed by atoms with van der Waals surface area (Å²) in [6, 6.07) is 3.26. The zero-order valence-electron chi connectivity index (χ0n) is 10.4. The van der Waals surface area contributed by atoms with Gasteiger partial charge in [-0.15, -0.1) is 0 Å². The van der Waals surface area contributed by atoms with E-state index in [0.717, 1.165) is 18.2 Å². The molecule has 2 N–H and O–H groups in total. The Morgan fingerprint density at radius 1 is 1.50 bits per heavy atom. The Morgan fingerprint density at radius 3 is 2.70 bits per heavy atom. The Bertz CT molecular complexity index is 585. The van der Waals surface area contributed by atoms with Crippen molar-refractivity contribution in [2.24, 2.45) is 5.92 Å². The number of aromatic carboxylic acids is 1. The number of carbonyl (C=O) groups is 2. The van der Waals surface area contributed by atoms with Crippen LogP contribution in [0.5, 0.6) is 0 Å². The summed E-state index contributed by atoms with van der Waals surface area (Å²) in [5.41, 5.74) is -0.472. The van der Waals surface area contributed by atoms with Gasteiger partial charge in [0.15, 0.2) is 0 Å². The highest BCUT2D eigenvalue weighted by Crippen LogP contribution is 2.31. The predicted molar refractivity (Wildman–Crippen MR) is 67.6 cm³/mol. The third kappa shape index (κ3) is 2.45. The van der Waals surface area contributed by atoms with Crippen molar-refractivity contribution in [2.45, 2.75) is 6.42 Å². The van der Waals surface area contributed by atoms with Crippen molar-refractivity contribution in [3.63, 3.8) is 0 Å². The molecule has 0 aliphatic carbocycles. The molecule has 1 unspecified atom stereocenters. The van der Waals surface area contributed by atoms with Gasteiger partial charge in [0.05, 0.1) is 16.2 Å². The molecule has 0 radical (unpaired) electrons. The van der Waals surface area contributed by atoms with Crippen molar-refractivity contribution >= 4 is 23.3 Å². The zero-order chi connectivity index (χ0) is 14.9. The van der Waals surface area contributed by atoms with E-state index in [1.165, 1.54) is 4.90 Å². The van der Waals surface area contributed by atoms with E-state index in [4.69, 9.17) is 10.2 Å². The third-order valence-corrected chi connectivity index (χ3v) is 3.18. The molecule has 1 aliphatic heterocycles. The van der Waals surface area contributed by atoms with Gasteiger partial charge in [-0.25, -0.2) is 4.79 Å². The summed E-state index contributed by atoms with van der Waals surface area (Å²) in [5, 5.41) is 28.9. The lowest BCUT2D eigenvalue weighted by molar-refractivity contribution is -0.384. The highest BCUT2D eigenvalue weighted by molar-refractivity contribution is 6.03. The summed E-state index contributed by atoms with van der Waals surface area (Å²) in [4.78, 5) is 34.3. The molecular formula is C12H12N2O6. The van der Waals surface area contributed by atoms with Crippen LogP contribution in [-0.2, 0) is 4.79 Å². The molecule has 0 bridgehead atoms. The maximum atomic E-state index is 11.9. The van der Waals surface area contributed by atoms with Gasteiger partial charge >= 0.3 is 5.97 Å². The van der Waals surface area contributed by atoms with Crippen molar-refractivity contribution in [3.05, 3.63) is 33.9 Å². The highest BCUT2D eigenvalue weighted by Gasteiger charge is 2.33. The minimum atomic E-state index is -1.27. The monoisotopic (exact) mass is 280 g/mol. The Balaban J connectivity index is 2.47. The SMILES string of the molecule is O=C(O)c1ccc([N+](=O)[O-])cc1N1CC(CO)CC1=O. The highest BCUT2D eigenvalue weighted by atomic mass is 16.6. The summed E-state index contributed by atoms with van der Waals surface area (Å²) >= 11 is 0. The number of aliphatic hydroxyl groups is 1. The number of benzene rings is 1. The van der Waals surface area contributed by atoms with Gasteiger partial charge in [0.2, 0.25) is 5.91 Å². The van der Waals surface area contributed by atoms with Crippen LogP contribution in [0.1, 0.15) is 16.8 Å². The number of amides is 1. The zero-order valence-corrected chi connectivity index (χ0v) is 10.4. The van der Waals surface area contributed by atoms with E-state index in [9.17, 15) is 19.7 Å². The van der Waals surface area contributed by atoms with E-state index in [0.29, 0.717) is 0 Å². The molecule has 2 rings (SSSR count). The molecule has 1 fully saturated rings. The van der Waals surface area contributed by atoms with Crippen LogP contribution >= 0.6 is 0 Å². The van der Waals surface area contributed by atoms with Gasteiger partial charge < -0.3 is 15.1 Å². The minimum Gasteiger partial charge on any atom is -0.478 e. The Hall–Kier alpha value is -2.48. The number of anilines is 1. The molecule has 1 heterocycles. The van der Waals surface area contributed by atoms with E-state index in [1.54, 1.807) is 0 Å². The molecule has 1 aliphatic rings. The molecule has 106 valence electrons. The van der Waals surface area contributed by atoms with E-state index in [2.05, 4.69) is 0 Å². The second-order valence-electron chi connectivity index (χ2n) is 4.52. The second-order valence-corrected chi connectivity index (χ2v) is 4.52. The number of rotatable bonds is 4. The standard InChI is InChI=1S/C12H12N2O6/c15-6-7-3-11(16)13(5-7)10-4-8(14(19)20)1-2-9(10)12(17)18/h1-2,4,7,15H,3,5-6H2,(H,17,18). The Labute approximate surface area is 113 Å². The molecule has 1 aromatic rings. The molecule has 0 saturated carbocycles. The topological polar surface area (TPSA) is 121 Å². The number of carbonyl (C=O) groups excluding carboxylic acids is 1. The molecule has 1 saturated heterocycles. The molecule has 1 atom stereocenters. The quantitative estimate of drug-likeness (QED) is 0.616. The number of nitro benzene ring substituents is 1. The maximum Gasteiger partial charge on any atom is 0.337 e. The van der Waals surface area contributed by atoms with Crippen molar-refractivity contribution in [1.29, 1.82) is 0 Å². The van der Waals surface area contributed by atoms with E-state index < -0.39 is 10.9 Å². The number of hydrogen-bond acceptors (Lipinski definition) is 5. The number of hydrogen-bond donors (Lipinski definition) is 2. The van der Waals surface area contributed by atoms with Crippen LogP contribution in [0, 0.1) is 16.0 Å². The molecule has 0 spiro atoms. The normalized spacial score (nSPS) is 18.4. The van der Waals surface area contributed by atoms with E-state index >= 15 is 0 Å². The first kappa shape index (κ1) is 13.9. The number of aliphatic hydroxyl groups excluding tert-OH is 1. The van der Waals surface area contributed by atoms with Crippen LogP contribution in [0.15, 0.2) is 18.2 Å². The van der Waals surface area contributed by atoms with Crippen LogP contribution in [0.3, 0.4) is 0 Å². The number of nitro groups is 1. The van der Waals surface area contributed by atoms with Crippen LogP contribution in [0.25, 0.3) is 0 Å². The fourth-order valence-corrected chi connectivity index (χ4v) is 2.17. The van der Waals surface area contributed by atoms with Gasteiger partial charge in [-0.2, -0.15) is 0 Å². The summed E-state index contributed by atoms with van der Waals surface area (Å²) in [6.45, 7) is -0.0453. The summed E-state index contributed by atoms with van der Waals surface area (Å²) < 4.78 is 0. The fourth-order valence-electron chi connectivity index (χ4n) is 2.17. The van der Waals surface area contributed by atoms with Crippen molar-refractivity contribution in [3.8, 4) is 0 Å². The maximum absolute atomic E-state index is 11.9. The van der Waals surface area contributed by atoms with E-state index in [-0.39, 0.29) is 48.3 Å². The number of nitrogens with zero attached hydrogens (tertiary/aromatic N) is 2. The second kappa shape index (κ2) is 5.25. The summed E-state index contributed by atoms with van der Waals surface area (Å²) in [7, 11) is 0. The van der Waals surface area contributed by atoms with Gasteiger partial charge in [-0.3, -0.25) is 14.9 Å². The average molecular weight is 280 g/mol. The fraction of sp³-hybridized carbons (Fsp3) is 0.333. The lowest BCUT2D eigenvalue weighted by Gasteiger charge is -2.18. The molecule has 1 aromatic carbocycles. The smallest absolute Gasteiger partial charge is 0.337 e. The third-order valence-electron chi connectivity index (χ3n) is 3.18. The first-order valence-electron chi connectivity index (χ1n) is 5.87. The van der Waals surface area contributed by atoms with Crippen molar-refractivity contribution in [2.75, 3.05) is 18.1 Å². The summed E-state index contributed by atoms with van der Waals surface area (Å²) in [5.74, 6) is -1.91. The number of carboxylic acid groups (broad SMARTS) is 1. The first-order chi connectivity index (χ1) is 9.43. The molecule has 8 heteroatoms. The van der Waals surface area contributed by atoms with Crippen molar-refractivity contribution < 1.29 is 24.7 Å². The number of non-ortho nitro benzene ring substituents is 1. The van der Waals surface area contributed by atoms with Crippen LogP contribution < -0.4 is 4.90 Å². The van der Waals surface area contributed by atoms with Gasteiger partial charge in [-0.05, 0) is 6.07 Å². The first-order valence-corrected chi connectivity index (χ1v) is 5.87. The van der Waals surface area contributed by atoms with Crippen LogP contribution in [0.4, 0.5) is 11.4 Å². The van der Waals surface area contributed by atoms with Crippen molar-refractivity contribution in [1.82, 2.24) is 0 Å². The van der Waals surface area contributed by atoms with Gasteiger partial charge in [0.1, 0.15) is 0 Å². The molecule has 20 heavy (non-hydrogen) atoms. The van der Waals surface area contributed by atoms with Crippen LogP contribution in [0.2, 0.25) is 0 Å². The molecular weight excluding hydrogens is 268 g/mol. The summed E-state index contributed by atoms with van der Waals surface area (Å²) in [6.07, 6.45) is 0.0955. The molecule has 8 nitrogen and oxygen atoms in total. The number of carboxylic acids is 1. The predicted octanol–water partition coefficient (Wildman–Crippen LogP) is 0.638. The van der Waals surface area contributed by atoms with E-state index in [1.807, 2.05) is 0 Å². The molecule has 1 amide bonds. The molecule has 0 aromatic heterocycles. The minimum absolute atomic E-state index is 0.00681. The van der Waals surface area contributed by atoms with Gasteiger partial charge in [0, 0.05) is 37.6 Å². The van der Waals surface area contributed by atoms with Gasteiger partial charge in [0.25, 0.3) is 5.69 Å². The largest absolute Gasteiger partial charge is 0.478 e. The lowest BCUT2D eigenvalue weighted by atomic mass is 10.1.